The zero-order chi connectivity index (χ0) is 12.1. The van der Waals surface area contributed by atoms with Crippen molar-refractivity contribution < 1.29 is 4.42 Å². The molecule has 2 rings (SSSR count). The highest BCUT2D eigenvalue weighted by Gasteiger charge is 2.09. The number of hydrogen-bond donors (Lipinski definition) is 1. The van der Waals surface area contributed by atoms with E-state index in [-0.39, 0.29) is 0 Å². The lowest BCUT2D eigenvalue weighted by Crippen LogP contribution is -2.19. The van der Waals surface area contributed by atoms with Crippen molar-refractivity contribution in [3.8, 4) is 0 Å². The summed E-state index contributed by atoms with van der Waals surface area (Å²) in [6.45, 7) is 0.674. The Morgan fingerprint density at radius 1 is 1.06 bits per heavy atom. The highest BCUT2D eigenvalue weighted by molar-refractivity contribution is 6.30. The molecule has 0 fully saturated rings. The molecular weight excluding hydrogens is 234 g/mol. The van der Waals surface area contributed by atoms with E-state index in [4.69, 9.17) is 21.8 Å². The van der Waals surface area contributed by atoms with Crippen molar-refractivity contribution in [1.82, 2.24) is 0 Å². The van der Waals surface area contributed by atoms with Crippen LogP contribution in [-0.4, -0.2) is 6.54 Å². The second-order valence-electron chi connectivity index (χ2n) is 4.27. The molecule has 0 aliphatic rings. The van der Waals surface area contributed by atoms with Crippen LogP contribution in [0.2, 0.25) is 5.02 Å². The van der Waals surface area contributed by atoms with Crippen LogP contribution in [0.1, 0.15) is 11.1 Å². The molecule has 0 aliphatic carbocycles. The fraction of sp³-hybridized carbons (Fsp3) is 0.286. The molecular formula is C14H16ClNO. The Bertz CT molecular complexity index is 436. The zero-order valence-corrected chi connectivity index (χ0v) is 10.4. The summed E-state index contributed by atoms with van der Waals surface area (Å²) in [5, 5.41) is 0.771. The molecule has 1 unspecified atom stereocenters. The first-order valence-electron chi connectivity index (χ1n) is 5.73. The minimum atomic E-state index is 0.439. The molecule has 2 N–H and O–H groups in total. The Labute approximate surface area is 106 Å². The first-order chi connectivity index (χ1) is 8.28. The molecule has 1 heterocycles. The van der Waals surface area contributed by atoms with Gasteiger partial charge in [-0.2, -0.15) is 0 Å². The third-order valence-corrected chi connectivity index (χ3v) is 3.13. The molecule has 90 valence electrons. The number of hydrogen-bond acceptors (Lipinski definition) is 2. The summed E-state index contributed by atoms with van der Waals surface area (Å²) >= 11 is 5.86. The summed E-state index contributed by atoms with van der Waals surface area (Å²) in [4.78, 5) is 0. The fourth-order valence-corrected chi connectivity index (χ4v) is 2.06. The predicted molar refractivity (Wildman–Crippen MR) is 70.1 cm³/mol. The van der Waals surface area contributed by atoms with Gasteiger partial charge in [0.05, 0.1) is 12.5 Å². The first-order valence-corrected chi connectivity index (χ1v) is 6.11. The van der Waals surface area contributed by atoms with Crippen LogP contribution in [0.15, 0.2) is 47.3 Å². The number of benzene rings is 1. The SMILES string of the molecule is NCC(Cc1ccc(Cl)cc1)Cc1ccoc1. The van der Waals surface area contributed by atoms with E-state index in [9.17, 15) is 0 Å². The minimum Gasteiger partial charge on any atom is -0.472 e. The van der Waals surface area contributed by atoms with Crippen LogP contribution in [0.4, 0.5) is 0 Å². The Hall–Kier alpha value is -1.25. The lowest BCUT2D eigenvalue weighted by Gasteiger charge is -2.13. The molecule has 0 saturated heterocycles. The molecule has 3 heteroatoms. The highest BCUT2D eigenvalue weighted by Crippen LogP contribution is 2.16. The molecule has 1 aromatic heterocycles. The van der Waals surface area contributed by atoms with Crippen molar-refractivity contribution in [2.45, 2.75) is 12.8 Å². The molecule has 0 bridgehead atoms. The maximum atomic E-state index is 5.86. The summed E-state index contributed by atoms with van der Waals surface area (Å²) in [5.74, 6) is 0.439. The molecule has 1 aromatic carbocycles. The van der Waals surface area contributed by atoms with Crippen molar-refractivity contribution in [3.05, 3.63) is 59.0 Å². The predicted octanol–water partition coefficient (Wildman–Crippen LogP) is 3.29. The molecule has 2 aromatic rings. The van der Waals surface area contributed by atoms with E-state index in [1.165, 1.54) is 11.1 Å². The van der Waals surface area contributed by atoms with Gasteiger partial charge in [-0.3, -0.25) is 0 Å². The second kappa shape index (κ2) is 5.89. The number of furan rings is 1. The van der Waals surface area contributed by atoms with E-state index in [0.29, 0.717) is 12.5 Å². The largest absolute Gasteiger partial charge is 0.472 e. The third-order valence-electron chi connectivity index (χ3n) is 2.88. The monoisotopic (exact) mass is 249 g/mol. The van der Waals surface area contributed by atoms with Gasteiger partial charge < -0.3 is 10.2 Å². The second-order valence-corrected chi connectivity index (χ2v) is 4.70. The van der Waals surface area contributed by atoms with Crippen LogP contribution in [0.25, 0.3) is 0 Å². The first kappa shape index (κ1) is 12.2. The molecule has 2 nitrogen and oxygen atoms in total. The smallest absolute Gasteiger partial charge is 0.0934 e. The summed E-state index contributed by atoms with van der Waals surface area (Å²) in [5.41, 5.74) is 8.29. The Morgan fingerprint density at radius 2 is 1.76 bits per heavy atom. The van der Waals surface area contributed by atoms with Gasteiger partial charge in [0.2, 0.25) is 0 Å². The average Bonchev–Trinajstić information content (AvgIpc) is 2.84. The van der Waals surface area contributed by atoms with Crippen LogP contribution in [0.3, 0.4) is 0 Å². The number of nitrogens with two attached hydrogens (primary N) is 1. The van der Waals surface area contributed by atoms with Gasteiger partial charge in [-0.25, -0.2) is 0 Å². The molecule has 0 radical (unpaired) electrons. The van der Waals surface area contributed by atoms with Crippen LogP contribution in [0, 0.1) is 5.92 Å². The zero-order valence-electron chi connectivity index (χ0n) is 9.60. The number of halogens is 1. The van der Waals surface area contributed by atoms with Gasteiger partial charge in [0.15, 0.2) is 0 Å². The topological polar surface area (TPSA) is 39.2 Å². The quantitative estimate of drug-likeness (QED) is 0.883. The van der Waals surface area contributed by atoms with Gasteiger partial charge in [-0.1, -0.05) is 23.7 Å². The molecule has 1 atom stereocenters. The summed E-state index contributed by atoms with van der Waals surface area (Å²) < 4.78 is 5.07. The van der Waals surface area contributed by atoms with Gasteiger partial charge in [0, 0.05) is 5.02 Å². The Kier molecular flexibility index (Phi) is 4.24. The lowest BCUT2D eigenvalue weighted by atomic mass is 9.94. The average molecular weight is 250 g/mol. The van der Waals surface area contributed by atoms with Gasteiger partial charge in [0.25, 0.3) is 0 Å². The summed E-state index contributed by atoms with van der Waals surface area (Å²) in [6.07, 6.45) is 5.41. The van der Waals surface area contributed by atoms with E-state index in [1.807, 2.05) is 18.2 Å². The summed E-state index contributed by atoms with van der Waals surface area (Å²) in [6, 6.07) is 9.94. The van der Waals surface area contributed by atoms with Gasteiger partial charge in [-0.05, 0) is 54.6 Å². The van der Waals surface area contributed by atoms with E-state index in [2.05, 4.69) is 12.1 Å². The molecule has 0 spiro atoms. The van der Waals surface area contributed by atoms with Crippen molar-refractivity contribution >= 4 is 11.6 Å². The van der Waals surface area contributed by atoms with E-state index >= 15 is 0 Å². The van der Waals surface area contributed by atoms with Crippen LogP contribution in [-0.2, 0) is 12.8 Å². The maximum Gasteiger partial charge on any atom is 0.0934 e. The van der Waals surface area contributed by atoms with Gasteiger partial charge >= 0.3 is 0 Å². The van der Waals surface area contributed by atoms with Crippen LogP contribution < -0.4 is 5.73 Å². The van der Waals surface area contributed by atoms with E-state index in [1.54, 1.807) is 12.5 Å². The standard InChI is InChI=1S/C14H16ClNO/c15-14-3-1-11(2-4-14)7-13(9-16)8-12-5-6-17-10-12/h1-6,10,13H,7-9,16H2. The number of rotatable bonds is 5. The van der Waals surface area contributed by atoms with Crippen molar-refractivity contribution in [2.24, 2.45) is 11.7 Å². The summed E-state index contributed by atoms with van der Waals surface area (Å²) in [7, 11) is 0. The lowest BCUT2D eigenvalue weighted by molar-refractivity contribution is 0.521. The normalized spacial score (nSPS) is 12.6. The highest BCUT2D eigenvalue weighted by atomic mass is 35.5. The van der Waals surface area contributed by atoms with E-state index < -0.39 is 0 Å². The van der Waals surface area contributed by atoms with Crippen LogP contribution >= 0.6 is 11.6 Å². The third kappa shape index (κ3) is 3.62. The molecule has 0 saturated carbocycles. The Balaban J connectivity index is 1.97. The maximum absolute atomic E-state index is 5.86. The van der Waals surface area contributed by atoms with E-state index in [0.717, 1.165) is 17.9 Å². The van der Waals surface area contributed by atoms with Crippen molar-refractivity contribution in [2.75, 3.05) is 6.54 Å². The molecule has 0 amide bonds. The van der Waals surface area contributed by atoms with Crippen molar-refractivity contribution in [1.29, 1.82) is 0 Å². The van der Waals surface area contributed by atoms with Gasteiger partial charge in [0.1, 0.15) is 0 Å². The molecule has 0 aliphatic heterocycles. The fourth-order valence-electron chi connectivity index (χ4n) is 1.93. The molecule has 17 heavy (non-hydrogen) atoms. The Morgan fingerprint density at radius 3 is 2.35 bits per heavy atom. The van der Waals surface area contributed by atoms with Crippen molar-refractivity contribution in [3.63, 3.8) is 0 Å². The minimum absolute atomic E-state index is 0.439. The van der Waals surface area contributed by atoms with Gasteiger partial charge in [-0.15, -0.1) is 0 Å². The van der Waals surface area contributed by atoms with Crippen LogP contribution in [0.5, 0.6) is 0 Å².